The van der Waals surface area contributed by atoms with E-state index in [0.29, 0.717) is 6.61 Å². The number of halogens is 1. The number of para-hydroxylation sites is 1. The van der Waals surface area contributed by atoms with Gasteiger partial charge in [0.25, 0.3) is 0 Å². The molecule has 1 aromatic carbocycles. The summed E-state index contributed by atoms with van der Waals surface area (Å²) in [6.07, 6.45) is 1.89. The number of carbonyl (C=O) groups excluding carboxylic acids is 1. The molecule has 4 nitrogen and oxygen atoms in total. The Morgan fingerprint density at radius 3 is 2.89 bits per heavy atom. The first-order chi connectivity index (χ1) is 8.81. The number of amides is 1. The average Bonchev–Trinajstić information content (AvgIpc) is 2.42. The van der Waals surface area contributed by atoms with Crippen molar-refractivity contribution in [2.45, 2.75) is 19.4 Å². The van der Waals surface area contributed by atoms with Crippen molar-refractivity contribution >= 4 is 24.0 Å². The highest BCUT2D eigenvalue weighted by atomic mass is 35.5. The fraction of sp³-hybridized carbons (Fsp3) is 0.500. The Labute approximate surface area is 120 Å². The summed E-state index contributed by atoms with van der Waals surface area (Å²) in [5, 5.41) is 6.11. The van der Waals surface area contributed by atoms with Crippen LogP contribution in [0.4, 0.5) is 5.69 Å². The van der Waals surface area contributed by atoms with Crippen molar-refractivity contribution in [3.63, 3.8) is 0 Å². The first-order valence-corrected chi connectivity index (χ1v) is 6.42. The second-order valence-electron chi connectivity index (χ2n) is 4.59. The maximum absolute atomic E-state index is 12.1. The fourth-order valence-corrected chi connectivity index (χ4v) is 2.17. The molecule has 1 aliphatic heterocycles. The third-order valence-electron chi connectivity index (χ3n) is 3.17. The lowest BCUT2D eigenvalue weighted by molar-refractivity contribution is -0.123. The van der Waals surface area contributed by atoms with Gasteiger partial charge in [-0.3, -0.25) is 4.79 Å². The van der Waals surface area contributed by atoms with Crippen LogP contribution in [0.1, 0.15) is 18.4 Å². The van der Waals surface area contributed by atoms with Gasteiger partial charge in [0, 0.05) is 18.8 Å². The zero-order chi connectivity index (χ0) is 12.8. The molecular weight excluding hydrogens is 264 g/mol. The van der Waals surface area contributed by atoms with Crippen molar-refractivity contribution < 1.29 is 9.53 Å². The number of hydrogen-bond acceptors (Lipinski definition) is 3. The highest BCUT2D eigenvalue weighted by Gasteiger charge is 2.22. The largest absolute Gasteiger partial charge is 0.381 e. The van der Waals surface area contributed by atoms with Gasteiger partial charge in [-0.15, -0.1) is 12.4 Å². The lowest BCUT2D eigenvalue weighted by atomic mass is 10.0. The second kappa shape index (κ2) is 8.15. The van der Waals surface area contributed by atoms with Gasteiger partial charge in [0.15, 0.2) is 0 Å². The normalized spacial score (nSPS) is 18.5. The van der Waals surface area contributed by atoms with Crippen LogP contribution in [0.2, 0.25) is 0 Å². The van der Waals surface area contributed by atoms with Gasteiger partial charge in [0.1, 0.15) is 0 Å². The summed E-state index contributed by atoms with van der Waals surface area (Å²) in [5.74, 6) is 0.0552. The number of rotatable bonds is 4. The van der Waals surface area contributed by atoms with Gasteiger partial charge in [-0.2, -0.15) is 0 Å². The van der Waals surface area contributed by atoms with Gasteiger partial charge >= 0.3 is 0 Å². The number of benzene rings is 1. The van der Waals surface area contributed by atoms with Gasteiger partial charge in [0.05, 0.1) is 12.5 Å². The maximum Gasteiger partial charge on any atom is 0.229 e. The molecule has 1 atom stereocenters. The molecule has 1 unspecified atom stereocenters. The molecule has 1 heterocycles. The molecule has 0 spiro atoms. The Hall–Kier alpha value is -1.10. The third-order valence-corrected chi connectivity index (χ3v) is 3.17. The van der Waals surface area contributed by atoms with Gasteiger partial charge in [-0.1, -0.05) is 18.2 Å². The number of nitrogens with one attached hydrogen (secondary N) is 2. The van der Waals surface area contributed by atoms with Gasteiger partial charge in [-0.05, 0) is 31.5 Å². The first-order valence-electron chi connectivity index (χ1n) is 6.42. The van der Waals surface area contributed by atoms with Gasteiger partial charge in [0.2, 0.25) is 5.91 Å². The van der Waals surface area contributed by atoms with E-state index in [1.807, 2.05) is 31.3 Å². The SMILES string of the molecule is CNCc1ccccc1NC(=O)C1CCCOC1.Cl. The Balaban J connectivity index is 0.00000180. The summed E-state index contributed by atoms with van der Waals surface area (Å²) < 4.78 is 5.35. The molecule has 1 saturated heterocycles. The Bertz CT molecular complexity index is 406. The van der Waals surface area contributed by atoms with Crippen molar-refractivity contribution in [3.05, 3.63) is 29.8 Å². The van der Waals surface area contributed by atoms with E-state index in [4.69, 9.17) is 4.74 Å². The lowest BCUT2D eigenvalue weighted by Crippen LogP contribution is -2.30. The molecule has 5 heteroatoms. The predicted molar refractivity (Wildman–Crippen MR) is 78.6 cm³/mol. The van der Waals surface area contributed by atoms with E-state index in [0.717, 1.165) is 37.2 Å². The minimum absolute atomic E-state index is 0. The van der Waals surface area contributed by atoms with E-state index in [-0.39, 0.29) is 24.2 Å². The summed E-state index contributed by atoms with van der Waals surface area (Å²) >= 11 is 0. The van der Waals surface area contributed by atoms with E-state index in [1.165, 1.54) is 0 Å². The minimum atomic E-state index is -0.0126. The highest BCUT2D eigenvalue weighted by molar-refractivity contribution is 5.93. The topological polar surface area (TPSA) is 50.4 Å². The van der Waals surface area contributed by atoms with Crippen LogP contribution < -0.4 is 10.6 Å². The van der Waals surface area contributed by atoms with Crippen molar-refractivity contribution in [2.24, 2.45) is 5.92 Å². The van der Waals surface area contributed by atoms with Gasteiger partial charge < -0.3 is 15.4 Å². The van der Waals surface area contributed by atoms with E-state index < -0.39 is 0 Å². The van der Waals surface area contributed by atoms with Crippen LogP contribution in [0.25, 0.3) is 0 Å². The van der Waals surface area contributed by atoms with Crippen LogP contribution >= 0.6 is 12.4 Å². The molecule has 0 aliphatic carbocycles. The number of anilines is 1. The molecule has 106 valence electrons. The lowest BCUT2D eigenvalue weighted by Gasteiger charge is -2.22. The van der Waals surface area contributed by atoms with Crippen LogP contribution in [0.15, 0.2) is 24.3 Å². The fourth-order valence-electron chi connectivity index (χ4n) is 2.17. The maximum atomic E-state index is 12.1. The van der Waals surface area contributed by atoms with Crippen molar-refractivity contribution in [3.8, 4) is 0 Å². The molecule has 2 N–H and O–H groups in total. The Morgan fingerprint density at radius 2 is 2.21 bits per heavy atom. The Kier molecular flexibility index (Phi) is 6.84. The number of carbonyl (C=O) groups is 1. The van der Waals surface area contributed by atoms with E-state index in [9.17, 15) is 4.79 Å². The molecule has 0 aromatic heterocycles. The Morgan fingerprint density at radius 1 is 1.42 bits per heavy atom. The summed E-state index contributed by atoms with van der Waals surface area (Å²) in [7, 11) is 1.90. The quantitative estimate of drug-likeness (QED) is 0.891. The van der Waals surface area contributed by atoms with Crippen LogP contribution in [0, 0.1) is 5.92 Å². The van der Waals surface area contributed by atoms with Gasteiger partial charge in [-0.25, -0.2) is 0 Å². The molecule has 1 aliphatic rings. The van der Waals surface area contributed by atoms with E-state index >= 15 is 0 Å². The molecular formula is C14H21ClN2O2. The second-order valence-corrected chi connectivity index (χ2v) is 4.59. The smallest absolute Gasteiger partial charge is 0.229 e. The zero-order valence-corrected chi connectivity index (χ0v) is 12.0. The van der Waals surface area contributed by atoms with Crippen molar-refractivity contribution in [1.82, 2.24) is 5.32 Å². The molecule has 1 aromatic rings. The average molecular weight is 285 g/mol. The molecule has 1 fully saturated rings. The van der Waals surface area contributed by atoms with Crippen LogP contribution in [-0.2, 0) is 16.1 Å². The molecule has 0 saturated carbocycles. The van der Waals surface area contributed by atoms with E-state index in [1.54, 1.807) is 0 Å². The molecule has 0 bridgehead atoms. The monoisotopic (exact) mass is 284 g/mol. The van der Waals surface area contributed by atoms with Crippen LogP contribution in [0.5, 0.6) is 0 Å². The van der Waals surface area contributed by atoms with Crippen molar-refractivity contribution in [2.75, 3.05) is 25.6 Å². The first kappa shape index (κ1) is 16.0. The molecule has 19 heavy (non-hydrogen) atoms. The zero-order valence-electron chi connectivity index (χ0n) is 11.1. The standard InChI is InChI=1S/C14H20N2O2.ClH/c1-15-9-11-5-2-3-7-13(11)16-14(17)12-6-4-8-18-10-12;/h2-3,5,7,12,15H,4,6,8-10H2,1H3,(H,16,17);1H. The molecule has 2 rings (SSSR count). The summed E-state index contributed by atoms with van der Waals surface area (Å²) in [5.41, 5.74) is 1.99. The van der Waals surface area contributed by atoms with E-state index in [2.05, 4.69) is 10.6 Å². The number of hydrogen-bond donors (Lipinski definition) is 2. The minimum Gasteiger partial charge on any atom is -0.381 e. The number of ether oxygens (including phenoxy) is 1. The predicted octanol–water partition coefficient (Wildman–Crippen LogP) is 2.19. The highest BCUT2D eigenvalue weighted by Crippen LogP contribution is 2.19. The molecule has 1 amide bonds. The summed E-state index contributed by atoms with van der Waals surface area (Å²) in [6, 6.07) is 7.87. The van der Waals surface area contributed by atoms with Crippen LogP contribution in [0.3, 0.4) is 0 Å². The molecule has 0 radical (unpaired) electrons. The van der Waals surface area contributed by atoms with Crippen molar-refractivity contribution in [1.29, 1.82) is 0 Å². The summed E-state index contributed by atoms with van der Waals surface area (Å²) in [6.45, 7) is 2.07. The summed E-state index contributed by atoms with van der Waals surface area (Å²) in [4.78, 5) is 12.1. The van der Waals surface area contributed by atoms with Crippen LogP contribution in [-0.4, -0.2) is 26.2 Å². The third kappa shape index (κ3) is 4.49.